The van der Waals surface area contributed by atoms with Gasteiger partial charge in [-0.05, 0) is 25.1 Å². The zero-order chi connectivity index (χ0) is 14.6. The van der Waals surface area contributed by atoms with Crippen molar-refractivity contribution in [3.8, 4) is 0 Å². The third-order valence-electron chi connectivity index (χ3n) is 2.61. The lowest BCUT2D eigenvalue weighted by Gasteiger charge is -2.03. The lowest BCUT2D eigenvalue weighted by atomic mass is 10.2. The summed E-state index contributed by atoms with van der Waals surface area (Å²) in [5.74, 6) is 0. The highest BCUT2D eigenvalue weighted by Crippen LogP contribution is 2.13. The van der Waals surface area contributed by atoms with Crippen LogP contribution in [0.4, 0.5) is 0 Å². The monoisotopic (exact) mass is 352 g/mol. The Labute approximate surface area is 126 Å². The molecule has 0 heterocycles. The molecule has 0 saturated heterocycles. The molecule has 0 amide bonds. The van der Waals surface area contributed by atoms with Crippen LogP contribution in [0.15, 0.2) is 63.0 Å². The van der Waals surface area contributed by atoms with Crippen LogP contribution in [0.5, 0.6) is 0 Å². The Hall–Kier alpha value is -1.66. The van der Waals surface area contributed by atoms with E-state index in [9.17, 15) is 8.42 Å². The smallest absolute Gasteiger partial charge is 0.200 e. The van der Waals surface area contributed by atoms with E-state index in [-0.39, 0.29) is 4.90 Å². The molecular formula is C14H13BrN2O2S. The number of hydrogen-bond acceptors (Lipinski definition) is 3. The fraction of sp³-hybridized carbons (Fsp3) is 0.0714. The second-order valence-electron chi connectivity index (χ2n) is 4.19. The number of hydrazone groups is 1. The highest BCUT2D eigenvalue weighted by molar-refractivity contribution is 9.10. The molecule has 6 heteroatoms. The molecule has 2 aromatic rings. The van der Waals surface area contributed by atoms with E-state index in [1.165, 1.54) is 6.21 Å². The van der Waals surface area contributed by atoms with Crippen molar-refractivity contribution in [1.29, 1.82) is 0 Å². The predicted molar refractivity (Wildman–Crippen MR) is 83.2 cm³/mol. The first-order valence-corrected chi connectivity index (χ1v) is 8.13. The fourth-order valence-corrected chi connectivity index (χ4v) is 2.69. The summed E-state index contributed by atoms with van der Waals surface area (Å²) in [6.45, 7) is 1.90. The molecule has 20 heavy (non-hydrogen) atoms. The van der Waals surface area contributed by atoms with E-state index in [0.29, 0.717) is 0 Å². The van der Waals surface area contributed by atoms with Crippen LogP contribution in [-0.4, -0.2) is 14.6 Å². The highest BCUT2D eigenvalue weighted by atomic mass is 79.9. The second kappa shape index (κ2) is 6.19. The van der Waals surface area contributed by atoms with Gasteiger partial charge in [-0.2, -0.15) is 13.5 Å². The first kappa shape index (κ1) is 14.7. The Morgan fingerprint density at radius 1 is 1.10 bits per heavy atom. The molecule has 0 aliphatic heterocycles. The Balaban J connectivity index is 2.14. The third-order valence-corrected chi connectivity index (χ3v) is 4.57. The van der Waals surface area contributed by atoms with Crippen LogP contribution in [-0.2, 0) is 10.0 Å². The van der Waals surface area contributed by atoms with Crippen LogP contribution < -0.4 is 4.83 Å². The van der Waals surface area contributed by atoms with E-state index in [4.69, 9.17) is 0 Å². The van der Waals surface area contributed by atoms with E-state index in [2.05, 4.69) is 25.9 Å². The average molecular weight is 353 g/mol. The van der Waals surface area contributed by atoms with Crippen molar-refractivity contribution < 1.29 is 8.42 Å². The minimum atomic E-state index is -3.62. The Bertz CT molecular complexity index is 725. The van der Waals surface area contributed by atoms with Crippen molar-refractivity contribution in [3.05, 3.63) is 64.1 Å². The van der Waals surface area contributed by atoms with E-state index >= 15 is 0 Å². The number of nitrogens with one attached hydrogen (secondary N) is 1. The quantitative estimate of drug-likeness (QED) is 0.678. The third kappa shape index (κ3) is 3.68. The SMILES string of the molecule is Cc1ccc(S(=O)(=O)N/N=C\c2ccccc2Br)cc1. The molecule has 4 nitrogen and oxygen atoms in total. The minimum absolute atomic E-state index is 0.187. The van der Waals surface area contributed by atoms with Crippen molar-refractivity contribution in [2.24, 2.45) is 5.10 Å². The number of sulfonamides is 1. The van der Waals surface area contributed by atoms with Crippen molar-refractivity contribution in [2.45, 2.75) is 11.8 Å². The summed E-state index contributed by atoms with van der Waals surface area (Å²) in [4.78, 5) is 2.38. The summed E-state index contributed by atoms with van der Waals surface area (Å²) in [5.41, 5.74) is 1.79. The van der Waals surface area contributed by atoms with Crippen LogP contribution in [0.2, 0.25) is 0 Å². The maximum atomic E-state index is 12.0. The van der Waals surface area contributed by atoms with Crippen molar-refractivity contribution in [1.82, 2.24) is 4.83 Å². The van der Waals surface area contributed by atoms with Gasteiger partial charge in [0.25, 0.3) is 10.0 Å². The zero-order valence-electron chi connectivity index (χ0n) is 10.7. The van der Waals surface area contributed by atoms with Crippen LogP contribution in [0.25, 0.3) is 0 Å². The molecule has 2 aromatic carbocycles. The molecule has 0 aromatic heterocycles. The topological polar surface area (TPSA) is 58.5 Å². The summed E-state index contributed by atoms with van der Waals surface area (Å²) in [6, 6.07) is 14.0. The average Bonchev–Trinajstić information content (AvgIpc) is 2.41. The summed E-state index contributed by atoms with van der Waals surface area (Å²) in [7, 11) is -3.62. The van der Waals surface area contributed by atoms with E-state index < -0.39 is 10.0 Å². The molecule has 2 rings (SSSR count). The summed E-state index contributed by atoms with van der Waals surface area (Å²) in [5, 5.41) is 3.78. The molecule has 0 radical (unpaired) electrons. The molecule has 0 aliphatic carbocycles. The molecule has 1 N–H and O–H groups in total. The van der Waals surface area contributed by atoms with Gasteiger partial charge in [-0.3, -0.25) is 0 Å². The van der Waals surface area contributed by atoms with Crippen LogP contribution >= 0.6 is 15.9 Å². The predicted octanol–water partition coefficient (Wildman–Crippen LogP) is 3.07. The van der Waals surface area contributed by atoms with Gasteiger partial charge < -0.3 is 0 Å². The Kier molecular flexibility index (Phi) is 4.57. The van der Waals surface area contributed by atoms with Gasteiger partial charge in [-0.1, -0.05) is 51.8 Å². The standard InChI is InChI=1S/C14H13BrN2O2S/c1-11-6-8-13(9-7-11)20(18,19)17-16-10-12-4-2-3-5-14(12)15/h2-10,17H,1H3/b16-10-. The Morgan fingerprint density at radius 2 is 1.75 bits per heavy atom. The lowest BCUT2D eigenvalue weighted by molar-refractivity contribution is 0.584. The number of hydrogen-bond donors (Lipinski definition) is 1. The van der Waals surface area contributed by atoms with Crippen LogP contribution in [0, 0.1) is 6.92 Å². The van der Waals surface area contributed by atoms with Gasteiger partial charge in [0.2, 0.25) is 0 Å². The highest BCUT2D eigenvalue weighted by Gasteiger charge is 2.11. The summed E-state index contributed by atoms with van der Waals surface area (Å²) < 4.78 is 24.8. The molecule has 0 unspecified atom stereocenters. The van der Waals surface area contributed by atoms with Crippen molar-refractivity contribution in [2.75, 3.05) is 0 Å². The van der Waals surface area contributed by atoms with E-state index in [1.807, 2.05) is 31.2 Å². The molecule has 0 fully saturated rings. The number of halogens is 1. The van der Waals surface area contributed by atoms with Crippen molar-refractivity contribution >= 4 is 32.2 Å². The first-order valence-electron chi connectivity index (χ1n) is 5.85. The Morgan fingerprint density at radius 3 is 2.40 bits per heavy atom. The van der Waals surface area contributed by atoms with Gasteiger partial charge >= 0.3 is 0 Å². The second-order valence-corrected chi connectivity index (χ2v) is 6.70. The zero-order valence-corrected chi connectivity index (χ0v) is 13.1. The minimum Gasteiger partial charge on any atom is -0.200 e. The molecule has 0 atom stereocenters. The number of aryl methyl sites for hydroxylation is 1. The number of nitrogens with zero attached hydrogens (tertiary/aromatic N) is 1. The van der Waals surface area contributed by atoms with E-state index in [0.717, 1.165) is 15.6 Å². The molecule has 0 bridgehead atoms. The fourth-order valence-electron chi connectivity index (χ4n) is 1.52. The van der Waals surface area contributed by atoms with Gasteiger partial charge in [0.15, 0.2) is 0 Å². The van der Waals surface area contributed by atoms with Crippen LogP contribution in [0.1, 0.15) is 11.1 Å². The van der Waals surface area contributed by atoms with Gasteiger partial charge in [0, 0.05) is 10.0 Å². The molecule has 0 aliphatic rings. The number of rotatable bonds is 4. The first-order chi connectivity index (χ1) is 9.49. The van der Waals surface area contributed by atoms with Gasteiger partial charge in [0.05, 0.1) is 11.1 Å². The van der Waals surface area contributed by atoms with Crippen molar-refractivity contribution in [3.63, 3.8) is 0 Å². The largest absolute Gasteiger partial charge is 0.276 e. The molecule has 104 valence electrons. The lowest BCUT2D eigenvalue weighted by Crippen LogP contribution is -2.18. The molecular weight excluding hydrogens is 340 g/mol. The molecule has 0 saturated carbocycles. The van der Waals surface area contributed by atoms with Gasteiger partial charge in [-0.25, -0.2) is 4.83 Å². The van der Waals surface area contributed by atoms with Gasteiger partial charge in [-0.15, -0.1) is 0 Å². The van der Waals surface area contributed by atoms with E-state index in [1.54, 1.807) is 24.3 Å². The van der Waals surface area contributed by atoms with Gasteiger partial charge in [0.1, 0.15) is 0 Å². The maximum Gasteiger partial charge on any atom is 0.276 e. The van der Waals surface area contributed by atoms with Crippen LogP contribution in [0.3, 0.4) is 0 Å². The maximum absolute atomic E-state index is 12.0. The summed E-state index contributed by atoms with van der Waals surface area (Å²) >= 11 is 3.36. The number of benzene rings is 2. The summed E-state index contributed by atoms with van der Waals surface area (Å²) in [6.07, 6.45) is 1.45. The normalized spacial score (nSPS) is 11.7. The molecule has 0 spiro atoms.